The molecule has 1 aromatic rings. The summed E-state index contributed by atoms with van der Waals surface area (Å²) in [6, 6.07) is 1.83. The first-order chi connectivity index (χ1) is 11.3. The van der Waals surface area contributed by atoms with Crippen LogP contribution in [-0.4, -0.2) is 61.5 Å². The number of rotatable bonds is 6. The lowest BCUT2D eigenvalue weighted by Gasteiger charge is -2.27. The Labute approximate surface area is 143 Å². The minimum absolute atomic E-state index is 0.206. The number of nitrogens with zero attached hydrogens (tertiary/aromatic N) is 4. The number of nitrogens with one attached hydrogen (secondary N) is 1. The zero-order valence-electron chi connectivity index (χ0n) is 14.4. The molecule has 1 saturated heterocycles. The molecule has 1 aliphatic rings. The highest BCUT2D eigenvalue weighted by Crippen LogP contribution is 2.16. The van der Waals surface area contributed by atoms with Crippen LogP contribution >= 0.6 is 0 Å². The van der Waals surface area contributed by atoms with E-state index in [-0.39, 0.29) is 19.0 Å². The number of likely N-dealkylation sites (N-methyl/N-ethyl adjacent to an activating group) is 1. The summed E-state index contributed by atoms with van der Waals surface area (Å²) in [5, 5.41) is 2.71. The number of piperidine rings is 1. The van der Waals surface area contributed by atoms with E-state index in [9.17, 15) is 13.2 Å². The van der Waals surface area contributed by atoms with E-state index in [1.165, 1.54) is 13.5 Å². The Morgan fingerprint density at radius 2 is 1.96 bits per heavy atom. The molecular weight excluding hydrogens is 330 g/mol. The molecule has 9 heteroatoms. The molecule has 0 spiro atoms. The van der Waals surface area contributed by atoms with Crippen LogP contribution in [0.4, 0.5) is 5.95 Å². The van der Waals surface area contributed by atoms with Gasteiger partial charge < -0.3 is 10.2 Å². The van der Waals surface area contributed by atoms with Crippen LogP contribution in [-0.2, 0) is 21.4 Å². The maximum Gasteiger partial charge on any atom is 0.235 e. The Bertz CT molecular complexity index is 686. The average molecular weight is 355 g/mol. The minimum Gasteiger partial charge on any atom is -0.349 e. The van der Waals surface area contributed by atoms with E-state index < -0.39 is 10.0 Å². The highest BCUT2D eigenvalue weighted by molar-refractivity contribution is 7.88. The highest BCUT2D eigenvalue weighted by atomic mass is 32.2. The van der Waals surface area contributed by atoms with E-state index in [0.717, 1.165) is 47.9 Å². The van der Waals surface area contributed by atoms with Crippen molar-refractivity contribution in [2.75, 3.05) is 37.8 Å². The summed E-state index contributed by atoms with van der Waals surface area (Å²) in [7, 11) is -2.00. The average Bonchev–Trinajstić information content (AvgIpc) is 2.52. The second kappa shape index (κ2) is 7.89. The molecule has 0 saturated carbocycles. The van der Waals surface area contributed by atoms with E-state index in [1.807, 2.05) is 13.0 Å². The summed E-state index contributed by atoms with van der Waals surface area (Å²) >= 11 is 0. The van der Waals surface area contributed by atoms with Gasteiger partial charge >= 0.3 is 0 Å². The molecule has 0 bridgehead atoms. The van der Waals surface area contributed by atoms with Crippen molar-refractivity contribution in [2.45, 2.75) is 32.7 Å². The van der Waals surface area contributed by atoms with Gasteiger partial charge in [0, 0.05) is 25.8 Å². The number of carbonyl (C=O) groups excluding carboxylic acids is 1. The molecule has 1 N–H and O–H groups in total. The first kappa shape index (κ1) is 18.6. The van der Waals surface area contributed by atoms with Crippen LogP contribution in [0.3, 0.4) is 0 Å². The molecule has 1 amide bonds. The summed E-state index contributed by atoms with van der Waals surface area (Å²) in [5.41, 5.74) is 1.57. The molecule has 0 aliphatic carbocycles. The Balaban J connectivity index is 1.97. The SMILES string of the molecule is Cc1cc(CNC(=O)CN(C)S(C)(=O)=O)nc(N2CCCCC2)n1. The quantitative estimate of drug-likeness (QED) is 0.788. The van der Waals surface area contributed by atoms with Gasteiger partial charge in [0.1, 0.15) is 0 Å². The maximum atomic E-state index is 11.9. The van der Waals surface area contributed by atoms with Crippen LogP contribution in [0.5, 0.6) is 0 Å². The van der Waals surface area contributed by atoms with Gasteiger partial charge in [-0.3, -0.25) is 4.79 Å². The largest absolute Gasteiger partial charge is 0.349 e. The normalized spacial score (nSPS) is 15.6. The first-order valence-electron chi connectivity index (χ1n) is 8.03. The lowest BCUT2D eigenvalue weighted by molar-refractivity contribution is -0.121. The summed E-state index contributed by atoms with van der Waals surface area (Å²) in [6.07, 6.45) is 4.58. The summed E-state index contributed by atoms with van der Waals surface area (Å²) in [4.78, 5) is 23.0. The summed E-state index contributed by atoms with van der Waals surface area (Å²) in [6.45, 7) is 3.85. The lowest BCUT2D eigenvalue weighted by atomic mass is 10.1. The molecule has 8 nitrogen and oxygen atoms in total. The zero-order valence-corrected chi connectivity index (χ0v) is 15.3. The van der Waals surface area contributed by atoms with Gasteiger partial charge in [0.05, 0.1) is 25.0 Å². The van der Waals surface area contributed by atoms with Crippen molar-refractivity contribution < 1.29 is 13.2 Å². The summed E-state index contributed by atoms with van der Waals surface area (Å²) in [5.74, 6) is 0.339. The molecule has 0 aromatic carbocycles. The van der Waals surface area contributed by atoms with Gasteiger partial charge in [0.15, 0.2) is 0 Å². The van der Waals surface area contributed by atoms with Gasteiger partial charge in [0.2, 0.25) is 21.9 Å². The Kier molecular flexibility index (Phi) is 6.11. The molecule has 134 valence electrons. The molecule has 0 radical (unpaired) electrons. The lowest BCUT2D eigenvalue weighted by Crippen LogP contribution is -2.37. The van der Waals surface area contributed by atoms with Crippen LogP contribution in [0.1, 0.15) is 30.7 Å². The fourth-order valence-corrected chi connectivity index (χ4v) is 2.86. The third-order valence-electron chi connectivity index (χ3n) is 3.93. The number of hydrogen-bond acceptors (Lipinski definition) is 6. The molecule has 0 atom stereocenters. The van der Waals surface area contributed by atoms with Gasteiger partial charge in [-0.2, -0.15) is 4.31 Å². The van der Waals surface area contributed by atoms with E-state index in [2.05, 4.69) is 20.2 Å². The van der Waals surface area contributed by atoms with Gasteiger partial charge in [-0.05, 0) is 32.3 Å². The molecule has 0 unspecified atom stereocenters. The van der Waals surface area contributed by atoms with Crippen molar-refractivity contribution in [3.63, 3.8) is 0 Å². The van der Waals surface area contributed by atoms with Crippen molar-refractivity contribution in [1.82, 2.24) is 19.6 Å². The number of aromatic nitrogens is 2. The Morgan fingerprint density at radius 3 is 2.58 bits per heavy atom. The van der Waals surface area contributed by atoms with Crippen molar-refractivity contribution in [3.8, 4) is 0 Å². The number of aryl methyl sites for hydroxylation is 1. The van der Waals surface area contributed by atoms with Crippen molar-refractivity contribution in [1.29, 1.82) is 0 Å². The monoisotopic (exact) mass is 355 g/mol. The van der Waals surface area contributed by atoms with Crippen molar-refractivity contribution in [2.24, 2.45) is 0 Å². The van der Waals surface area contributed by atoms with E-state index in [1.54, 1.807) is 0 Å². The summed E-state index contributed by atoms with van der Waals surface area (Å²) < 4.78 is 23.7. The topological polar surface area (TPSA) is 95.5 Å². The second-order valence-electron chi connectivity index (χ2n) is 6.14. The third kappa shape index (κ3) is 5.41. The van der Waals surface area contributed by atoms with Gasteiger partial charge in [-0.25, -0.2) is 18.4 Å². The number of carbonyl (C=O) groups is 1. The smallest absolute Gasteiger partial charge is 0.235 e. The molecule has 24 heavy (non-hydrogen) atoms. The first-order valence-corrected chi connectivity index (χ1v) is 9.88. The van der Waals surface area contributed by atoms with Crippen LogP contribution in [0.2, 0.25) is 0 Å². The molecule has 1 fully saturated rings. The standard InChI is InChI=1S/C15H25N5O3S/c1-12-9-13(10-16-14(21)11-19(2)24(3,22)23)18-15(17-12)20-7-5-4-6-8-20/h9H,4-8,10-11H2,1-3H3,(H,16,21). The number of amides is 1. The predicted octanol–water partition coefficient (Wildman–Crippen LogP) is 0.283. The van der Waals surface area contributed by atoms with Crippen molar-refractivity contribution >= 4 is 21.9 Å². The third-order valence-corrected chi connectivity index (χ3v) is 5.19. The fraction of sp³-hybridized carbons (Fsp3) is 0.667. The van der Waals surface area contributed by atoms with Crippen molar-refractivity contribution in [3.05, 3.63) is 17.5 Å². The van der Waals surface area contributed by atoms with Gasteiger partial charge in [-0.1, -0.05) is 0 Å². The molecule has 2 heterocycles. The van der Waals surface area contributed by atoms with Gasteiger partial charge in [0.25, 0.3) is 0 Å². The molecule has 2 rings (SSSR count). The highest BCUT2D eigenvalue weighted by Gasteiger charge is 2.17. The van der Waals surface area contributed by atoms with E-state index >= 15 is 0 Å². The van der Waals surface area contributed by atoms with Crippen LogP contribution in [0, 0.1) is 6.92 Å². The maximum absolute atomic E-state index is 11.9. The van der Waals surface area contributed by atoms with Crippen LogP contribution < -0.4 is 10.2 Å². The Morgan fingerprint density at radius 1 is 1.29 bits per heavy atom. The van der Waals surface area contributed by atoms with Crippen LogP contribution in [0.25, 0.3) is 0 Å². The number of anilines is 1. The number of hydrogen-bond donors (Lipinski definition) is 1. The van der Waals surface area contributed by atoms with Gasteiger partial charge in [-0.15, -0.1) is 0 Å². The minimum atomic E-state index is -3.37. The Hall–Kier alpha value is -1.74. The molecule has 1 aliphatic heterocycles. The molecular formula is C15H25N5O3S. The predicted molar refractivity (Wildman–Crippen MR) is 92.2 cm³/mol. The number of sulfonamides is 1. The van der Waals surface area contributed by atoms with E-state index in [4.69, 9.17) is 0 Å². The zero-order chi connectivity index (χ0) is 17.7. The second-order valence-corrected chi connectivity index (χ2v) is 8.23. The van der Waals surface area contributed by atoms with Crippen LogP contribution in [0.15, 0.2) is 6.07 Å². The van der Waals surface area contributed by atoms with E-state index in [0.29, 0.717) is 5.95 Å². The molecule has 1 aromatic heterocycles. The fourth-order valence-electron chi connectivity index (χ4n) is 2.51.